The van der Waals surface area contributed by atoms with Gasteiger partial charge in [-0.1, -0.05) is 35.3 Å². The maximum Gasteiger partial charge on any atom is 0.335 e. The summed E-state index contributed by atoms with van der Waals surface area (Å²) < 4.78 is 5.02. The van der Waals surface area contributed by atoms with Crippen LogP contribution in [0.5, 0.6) is 0 Å². The Kier molecular flexibility index (Phi) is 7.04. The summed E-state index contributed by atoms with van der Waals surface area (Å²) in [5.74, 6) is -1.51. The second-order valence-corrected chi connectivity index (χ2v) is 7.62. The molecule has 30 heavy (non-hydrogen) atoms. The highest BCUT2D eigenvalue weighted by atomic mass is 35.5. The predicted molar refractivity (Wildman–Crippen MR) is 109 cm³/mol. The molecule has 0 radical (unpaired) electrons. The number of hydrogen-bond donors (Lipinski definition) is 6. The Balaban J connectivity index is 1.65. The van der Waals surface area contributed by atoms with Crippen molar-refractivity contribution in [3.8, 4) is 0 Å². The van der Waals surface area contributed by atoms with Crippen molar-refractivity contribution in [1.29, 1.82) is 0 Å². The fourth-order valence-corrected chi connectivity index (χ4v) is 3.38. The van der Waals surface area contributed by atoms with Crippen molar-refractivity contribution in [2.24, 2.45) is 0 Å². The Bertz CT molecular complexity index is 930. The molecule has 9 nitrogen and oxygen atoms in total. The van der Waals surface area contributed by atoms with Crippen molar-refractivity contribution in [2.45, 2.75) is 37.1 Å². The highest BCUT2D eigenvalue weighted by molar-refractivity contribution is 6.33. The van der Waals surface area contributed by atoms with Gasteiger partial charge in [0.25, 0.3) is 0 Å². The first-order valence-corrected chi connectivity index (χ1v) is 9.59. The predicted octanol–water partition coefficient (Wildman–Crippen LogP) is 1.40. The van der Waals surface area contributed by atoms with E-state index >= 15 is 0 Å². The van der Waals surface area contributed by atoms with E-state index in [1.807, 2.05) is 6.07 Å². The van der Waals surface area contributed by atoms with E-state index in [2.05, 4.69) is 5.48 Å². The summed E-state index contributed by atoms with van der Waals surface area (Å²) in [6, 6.07) is 10.4. The average Bonchev–Trinajstić information content (AvgIpc) is 2.69. The number of aliphatic hydroxyl groups is 3. The second-order valence-electron chi connectivity index (χ2n) is 6.80. The molecule has 162 valence electrons. The first-order chi connectivity index (χ1) is 14.2. The number of carboxylic acid groups (broad SMARTS) is 1. The lowest BCUT2D eigenvalue weighted by Gasteiger charge is -2.38. The lowest BCUT2D eigenvalue weighted by Crippen LogP contribution is -2.60. The molecular weight excluding hydrogens is 439 g/mol. The Morgan fingerprint density at radius 2 is 1.67 bits per heavy atom. The number of aliphatic hydroxyl groups excluding tert-OH is 3. The SMILES string of the molecule is Nc1ccc(Cc2ccc(NOC3O[C@H](C(=O)O)[C@@H](O)[C@H](O)[C@H]3O)c(Cl)c2)cc1Cl. The smallest absolute Gasteiger partial charge is 0.335 e. The fourth-order valence-electron chi connectivity index (χ4n) is 2.94. The van der Waals surface area contributed by atoms with Gasteiger partial charge in [-0.05, 0) is 41.8 Å². The van der Waals surface area contributed by atoms with Crippen LogP contribution in [0.15, 0.2) is 36.4 Å². The Morgan fingerprint density at radius 1 is 1.03 bits per heavy atom. The number of aliphatic carboxylic acids is 1. The van der Waals surface area contributed by atoms with Crippen LogP contribution in [0, 0.1) is 0 Å². The molecule has 1 unspecified atom stereocenters. The summed E-state index contributed by atoms with van der Waals surface area (Å²) in [5.41, 5.74) is 10.8. The van der Waals surface area contributed by atoms with E-state index in [1.165, 1.54) is 0 Å². The molecule has 1 aliphatic rings. The average molecular weight is 459 g/mol. The number of nitrogens with two attached hydrogens (primary N) is 1. The molecule has 5 atom stereocenters. The maximum absolute atomic E-state index is 11.1. The number of rotatable bonds is 6. The summed E-state index contributed by atoms with van der Waals surface area (Å²) in [5, 5.41) is 39.2. The van der Waals surface area contributed by atoms with E-state index < -0.39 is 36.7 Å². The molecule has 1 fully saturated rings. The van der Waals surface area contributed by atoms with Crippen LogP contribution >= 0.6 is 23.2 Å². The molecule has 0 aliphatic carbocycles. The van der Waals surface area contributed by atoms with Gasteiger partial charge in [-0.2, -0.15) is 0 Å². The van der Waals surface area contributed by atoms with Gasteiger partial charge in [0.15, 0.2) is 6.10 Å². The van der Waals surface area contributed by atoms with Crippen LogP contribution in [0.4, 0.5) is 11.4 Å². The first-order valence-electron chi connectivity index (χ1n) is 8.84. The third-order valence-corrected chi connectivity index (χ3v) is 5.24. The lowest BCUT2D eigenvalue weighted by atomic mass is 9.99. The van der Waals surface area contributed by atoms with Gasteiger partial charge < -0.3 is 30.9 Å². The van der Waals surface area contributed by atoms with Gasteiger partial charge in [0.2, 0.25) is 6.29 Å². The number of carbonyl (C=O) groups is 1. The fraction of sp³-hybridized carbons (Fsp3) is 0.316. The van der Waals surface area contributed by atoms with E-state index in [-0.39, 0.29) is 5.02 Å². The van der Waals surface area contributed by atoms with Crippen LogP contribution in [0.2, 0.25) is 10.0 Å². The van der Waals surface area contributed by atoms with Crippen LogP contribution in [0.3, 0.4) is 0 Å². The molecular formula is C19H20Cl2N2O7. The zero-order valence-corrected chi connectivity index (χ0v) is 16.9. The molecule has 0 saturated carbocycles. The van der Waals surface area contributed by atoms with Gasteiger partial charge in [-0.15, -0.1) is 0 Å². The second kappa shape index (κ2) is 9.36. The quantitative estimate of drug-likeness (QED) is 0.278. The van der Waals surface area contributed by atoms with Gasteiger partial charge in [0.05, 0.1) is 21.4 Å². The number of hydrogen-bond acceptors (Lipinski definition) is 8. The molecule has 2 aromatic carbocycles. The molecule has 0 bridgehead atoms. The minimum absolute atomic E-state index is 0.287. The molecule has 0 amide bonds. The Labute approximate surface area is 181 Å². The monoisotopic (exact) mass is 458 g/mol. The van der Waals surface area contributed by atoms with E-state index in [4.69, 9.17) is 43.6 Å². The van der Waals surface area contributed by atoms with Crippen LogP contribution in [-0.2, 0) is 20.8 Å². The van der Waals surface area contributed by atoms with E-state index in [9.17, 15) is 20.1 Å². The standard InChI is InChI=1S/C19H20Cl2N2O7/c20-10-6-8(1-3-12(10)22)5-9-2-4-13(11(21)7-9)23-30-19-16(26)14(24)15(25)17(29-19)18(27)28/h1-4,6-7,14-17,19,23-26H,5,22H2,(H,27,28)/t14-,15-,16+,17-,19?/m0/s1. The van der Waals surface area contributed by atoms with Gasteiger partial charge in [0, 0.05) is 0 Å². The summed E-state index contributed by atoms with van der Waals surface area (Å²) >= 11 is 12.3. The number of benzene rings is 2. The number of nitrogens with one attached hydrogen (secondary N) is 1. The molecule has 11 heteroatoms. The summed E-state index contributed by atoms with van der Waals surface area (Å²) in [7, 11) is 0. The molecule has 1 heterocycles. The van der Waals surface area contributed by atoms with Crippen molar-refractivity contribution in [1.82, 2.24) is 0 Å². The van der Waals surface area contributed by atoms with Crippen molar-refractivity contribution in [3.05, 3.63) is 57.6 Å². The zero-order chi connectivity index (χ0) is 22.0. The van der Waals surface area contributed by atoms with Crippen molar-refractivity contribution in [2.75, 3.05) is 11.2 Å². The number of ether oxygens (including phenoxy) is 1. The van der Waals surface area contributed by atoms with E-state index in [1.54, 1.807) is 30.3 Å². The number of halogens is 2. The summed E-state index contributed by atoms with van der Waals surface area (Å²) in [6.07, 6.45) is -8.03. The molecule has 3 rings (SSSR count). The highest BCUT2D eigenvalue weighted by Crippen LogP contribution is 2.28. The third kappa shape index (κ3) is 4.96. The topological polar surface area (TPSA) is 154 Å². The van der Waals surface area contributed by atoms with Crippen LogP contribution in [-0.4, -0.2) is 57.1 Å². The molecule has 7 N–H and O–H groups in total. The lowest BCUT2D eigenvalue weighted by molar-refractivity contribution is -0.287. The van der Waals surface area contributed by atoms with E-state index in [0.717, 1.165) is 11.1 Å². The third-order valence-electron chi connectivity index (χ3n) is 4.60. The molecule has 2 aromatic rings. The minimum atomic E-state index is -1.80. The number of nitrogen functional groups attached to an aromatic ring is 1. The van der Waals surface area contributed by atoms with Gasteiger partial charge in [-0.25, -0.2) is 9.63 Å². The van der Waals surface area contributed by atoms with Gasteiger partial charge in [-0.3, -0.25) is 5.48 Å². The zero-order valence-electron chi connectivity index (χ0n) is 15.4. The van der Waals surface area contributed by atoms with Crippen LogP contribution < -0.4 is 11.2 Å². The van der Waals surface area contributed by atoms with Crippen molar-refractivity contribution < 1.29 is 34.8 Å². The number of anilines is 2. The maximum atomic E-state index is 11.1. The molecule has 0 aromatic heterocycles. The van der Waals surface area contributed by atoms with Crippen molar-refractivity contribution >= 4 is 40.5 Å². The van der Waals surface area contributed by atoms with Gasteiger partial charge in [0.1, 0.15) is 18.3 Å². The molecule has 0 spiro atoms. The van der Waals surface area contributed by atoms with Crippen LogP contribution in [0.1, 0.15) is 11.1 Å². The summed E-state index contributed by atoms with van der Waals surface area (Å²) in [4.78, 5) is 16.3. The normalized spacial score (nSPS) is 26.4. The molecule has 1 saturated heterocycles. The Morgan fingerprint density at radius 3 is 2.27 bits per heavy atom. The van der Waals surface area contributed by atoms with Crippen molar-refractivity contribution in [3.63, 3.8) is 0 Å². The minimum Gasteiger partial charge on any atom is -0.479 e. The Hall–Kier alpha value is -2.11. The number of carboxylic acids is 1. The highest BCUT2D eigenvalue weighted by Gasteiger charge is 2.47. The van der Waals surface area contributed by atoms with E-state index in [0.29, 0.717) is 22.8 Å². The van der Waals surface area contributed by atoms with Gasteiger partial charge >= 0.3 is 5.97 Å². The van der Waals surface area contributed by atoms with Crippen LogP contribution in [0.25, 0.3) is 0 Å². The molecule has 1 aliphatic heterocycles. The largest absolute Gasteiger partial charge is 0.479 e. The first kappa shape index (κ1) is 22.6. The summed E-state index contributed by atoms with van der Waals surface area (Å²) in [6.45, 7) is 0.